The maximum atomic E-state index is 13.3. The predicted molar refractivity (Wildman–Crippen MR) is 103 cm³/mol. The molecule has 6 nitrogen and oxygen atoms in total. The summed E-state index contributed by atoms with van der Waals surface area (Å²) in [5.41, 5.74) is 2.10. The molecular formula is C20H29N5O. The van der Waals surface area contributed by atoms with Crippen molar-refractivity contribution in [2.24, 2.45) is 0 Å². The van der Waals surface area contributed by atoms with E-state index in [4.69, 9.17) is 0 Å². The number of rotatable bonds is 2. The van der Waals surface area contributed by atoms with Crippen molar-refractivity contribution < 1.29 is 4.79 Å². The van der Waals surface area contributed by atoms with Gasteiger partial charge in [0.1, 0.15) is 6.04 Å². The van der Waals surface area contributed by atoms with Crippen molar-refractivity contribution in [2.75, 3.05) is 46.8 Å². The first-order valence-electron chi connectivity index (χ1n) is 9.60. The summed E-state index contributed by atoms with van der Waals surface area (Å²) in [6.45, 7) is 6.81. The number of hydrogen-bond donors (Lipinski definition) is 0. The Morgan fingerprint density at radius 1 is 1.12 bits per heavy atom. The lowest BCUT2D eigenvalue weighted by Gasteiger charge is -2.53. The van der Waals surface area contributed by atoms with Gasteiger partial charge in [-0.2, -0.15) is 0 Å². The lowest BCUT2D eigenvalue weighted by molar-refractivity contribution is -0.141. The zero-order chi connectivity index (χ0) is 18.3. The van der Waals surface area contributed by atoms with Crippen molar-refractivity contribution >= 4 is 16.9 Å². The molecule has 0 bridgehead atoms. The fourth-order valence-electron chi connectivity index (χ4n) is 4.50. The number of fused-ring (bicyclic) bond motifs is 1. The summed E-state index contributed by atoms with van der Waals surface area (Å²) >= 11 is 0. The molecule has 0 saturated carbocycles. The third-order valence-electron chi connectivity index (χ3n) is 6.49. The number of piperidine rings is 1. The van der Waals surface area contributed by atoms with Gasteiger partial charge in [0.15, 0.2) is 0 Å². The fraction of sp³-hybridized carbons (Fsp3) is 0.600. The lowest BCUT2D eigenvalue weighted by atomic mass is 9.83. The summed E-state index contributed by atoms with van der Waals surface area (Å²) in [6, 6.07) is 7.78. The van der Waals surface area contributed by atoms with Crippen LogP contribution in [0.3, 0.4) is 0 Å². The van der Waals surface area contributed by atoms with Gasteiger partial charge in [-0.1, -0.05) is 12.1 Å². The van der Waals surface area contributed by atoms with Crippen molar-refractivity contribution in [1.82, 2.24) is 24.3 Å². The van der Waals surface area contributed by atoms with Crippen molar-refractivity contribution in [3.8, 4) is 0 Å². The number of piperazine rings is 1. The first-order valence-corrected chi connectivity index (χ1v) is 9.60. The minimum absolute atomic E-state index is 0.136. The Morgan fingerprint density at radius 3 is 2.62 bits per heavy atom. The van der Waals surface area contributed by atoms with Gasteiger partial charge in [-0.15, -0.1) is 0 Å². The van der Waals surface area contributed by atoms with E-state index in [1.54, 1.807) is 6.33 Å². The van der Waals surface area contributed by atoms with Gasteiger partial charge in [0.25, 0.3) is 0 Å². The molecule has 26 heavy (non-hydrogen) atoms. The minimum atomic E-state index is -0.228. The van der Waals surface area contributed by atoms with E-state index in [1.165, 1.54) is 0 Å². The molecule has 6 heteroatoms. The average Bonchev–Trinajstić information content (AvgIpc) is 3.09. The van der Waals surface area contributed by atoms with Gasteiger partial charge in [0, 0.05) is 25.2 Å². The van der Waals surface area contributed by atoms with Crippen LogP contribution in [0.25, 0.3) is 11.0 Å². The van der Waals surface area contributed by atoms with E-state index in [9.17, 15) is 4.79 Å². The van der Waals surface area contributed by atoms with Gasteiger partial charge in [-0.05, 0) is 59.1 Å². The quantitative estimate of drug-likeness (QED) is 0.825. The Bertz CT molecular complexity index is 792. The third kappa shape index (κ3) is 2.91. The SMILES string of the molecule is C[C@H](C(=O)N1CCN(C)C2(CCN(C)CC2)C1)n1cnc2ccccc21. The van der Waals surface area contributed by atoms with Crippen LogP contribution in [0, 0.1) is 0 Å². The molecule has 2 aliphatic rings. The third-order valence-corrected chi connectivity index (χ3v) is 6.49. The average molecular weight is 355 g/mol. The Balaban J connectivity index is 1.54. The van der Waals surface area contributed by atoms with E-state index in [0.29, 0.717) is 0 Å². The van der Waals surface area contributed by atoms with Crippen LogP contribution in [0.15, 0.2) is 30.6 Å². The van der Waals surface area contributed by atoms with Crippen LogP contribution in [0.1, 0.15) is 25.8 Å². The molecule has 2 aromatic rings. The van der Waals surface area contributed by atoms with Crippen LogP contribution in [0.2, 0.25) is 0 Å². The van der Waals surface area contributed by atoms with E-state index in [1.807, 2.05) is 35.8 Å². The molecule has 0 radical (unpaired) electrons. The van der Waals surface area contributed by atoms with Crippen LogP contribution >= 0.6 is 0 Å². The molecule has 1 spiro atoms. The normalized spacial score (nSPS) is 22.8. The summed E-state index contributed by atoms with van der Waals surface area (Å²) in [5, 5.41) is 0. The van der Waals surface area contributed by atoms with E-state index >= 15 is 0 Å². The maximum Gasteiger partial charge on any atom is 0.245 e. The molecule has 0 N–H and O–H groups in total. The number of carbonyl (C=O) groups is 1. The molecule has 2 saturated heterocycles. The van der Waals surface area contributed by atoms with E-state index in [2.05, 4.69) is 33.8 Å². The molecule has 2 fully saturated rings. The van der Waals surface area contributed by atoms with Crippen molar-refractivity contribution in [2.45, 2.75) is 31.3 Å². The Kier molecular flexibility index (Phi) is 4.49. The highest BCUT2D eigenvalue weighted by Crippen LogP contribution is 2.32. The van der Waals surface area contributed by atoms with Gasteiger partial charge in [0.2, 0.25) is 5.91 Å². The highest BCUT2D eigenvalue weighted by molar-refractivity contribution is 5.83. The summed E-state index contributed by atoms with van der Waals surface area (Å²) in [7, 11) is 4.41. The number of nitrogens with zero attached hydrogens (tertiary/aromatic N) is 5. The molecule has 140 valence electrons. The topological polar surface area (TPSA) is 44.6 Å². The molecule has 4 rings (SSSR count). The second kappa shape index (κ2) is 6.67. The molecule has 0 unspecified atom stereocenters. The van der Waals surface area contributed by atoms with E-state index < -0.39 is 0 Å². The summed E-state index contributed by atoms with van der Waals surface area (Å²) in [6.07, 6.45) is 4.06. The molecule has 1 amide bonds. The number of likely N-dealkylation sites (N-methyl/N-ethyl adjacent to an activating group) is 1. The number of para-hydroxylation sites is 2. The number of amides is 1. The smallest absolute Gasteiger partial charge is 0.245 e. The first-order chi connectivity index (χ1) is 12.5. The van der Waals surface area contributed by atoms with Gasteiger partial charge in [0.05, 0.1) is 17.4 Å². The maximum absolute atomic E-state index is 13.3. The zero-order valence-corrected chi connectivity index (χ0v) is 16.1. The van der Waals surface area contributed by atoms with Crippen LogP contribution < -0.4 is 0 Å². The number of carbonyl (C=O) groups excluding carboxylic acids is 1. The van der Waals surface area contributed by atoms with Crippen molar-refractivity contribution in [3.05, 3.63) is 30.6 Å². The van der Waals surface area contributed by atoms with Crippen molar-refractivity contribution in [1.29, 1.82) is 0 Å². The monoisotopic (exact) mass is 355 g/mol. The zero-order valence-electron chi connectivity index (χ0n) is 16.1. The summed E-state index contributed by atoms with van der Waals surface area (Å²) in [4.78, 5) is 24.7. The molecule has 1 aromatic heterocycles. The number of hydrogen-bond acceptors (Lipinski definition) is 4. The van der Waals surface area contributed by atoms with Crippen LogP contribution in [0.5, 0.6) is 0 Å². The van der Waals surface area contributed by atoms with Crippen LogP contribution in [0.4, 0.5) is 0 Å². The highest BCUT2D eigenvalue weighted by atomic mass is 16.2. The molecular weight excluding hydrogens is 326 g/mol. The first kappa shape index (κ1) is 17.5. The second-order valence-electron chi connectivity index (χ2n) is 8.03. The lowest BCUT2D eigenvalue weighted by Crippen LogP contribution is -2.65. The molecule has 3 heterocycles. The van der Waals surface area contributed by atoms with Crippen LogP contribution in [-0.2, 0) is 4.79 Å². The van der Waals surface area contributed by atoms with E-state index in [-0.39, 0.29) is 17.5 Å². The number of aromatic nitrogens is 2. The van der Waals surface area contributed by atoms with Gasteiger partial charge < -0.3 is 14.4 Å². The molecule has 1 atom stereocenters. The molecule has 2 aliphatic heterocycles. The second-order valence-corrected chi connectivity index (χ2v) is 8.03. The molecule has 0 aliphatic carbocycles. The van der Waals surface area contributed by atoms with E-state index in [0.717, 1.165) is 56.6 Å². The number of likely N-dealkylation sites (tertiary alicyclic amines) is 1. The standard InChI is InChI=1S/C20H29N5O/c1-16(25-15-21-17-6-4-5-7-18(17)25)19(26)24-13-12-23(3)20(14-24)8-10-22(2)11-9-20/h4-7,15-16H,8-14H2,1-3H3/t16-/m1/s1. The van der Waals surface area contributed by atoms with Gasteiger partial charge in [-0.3, -0.25) is 9.69 Å². The Hall–Kier alpha value is -1.92. The molecule has 1 aromatic carbocycles. The van der Waals surface area contributed by atoms with Crippen LogP contribution in [-0.4, -0.2) is 82.5 Å². The Labute approximate surface area is 155 Å². The van der Waals surface area contributed by atoms with Gasteiger partial charge >= 0.3 is 0 Å². The Morgan fingerprint density at radius 2 is 1.85 bits per heavy atom. The summed E-state index contributed by atoms with van der Waals surface area (Å²) in [5.74, 6) is 0.208. The number of benzene rings is 1. The highest BCUT2D eigenvalue weighted by Gasteiger charge is 2.43. The number of imidazole rings is 1. The predicted octanol–water partition coefficient (Wildman–Crippen LogP) is 1.84. The largest absolute Gasteiger partial charge is 0.338 e. The summed E-state index contributed by atoms with van der Waals surface area (Å²) < 4.78 is 2.01. The minimum Gasteiger partial charge on any atom is -0.338 e. The van der Waals surface area contributed by atoms with Crippen molar-refractivity contribution in [3.63, 3.8) is 0 Å². The van der Waals surface area contributed by atoms with Gasteiger partial charge in [-0.25, -0.2) is 4.98 Å². The fourth-order valence-corrected chi connectivity index (χ4v) is 4.50.